The first-order chi connectivity index (χ1) is 30.7. The van der Waals surface area contributed by atoms with Crippen LogP contribution in [-0.2, 0) is 6.42 Å². The molecule has 0 saturated heterocycles. The van der Waals surface area contributed by atoms with Gasteiger partial charge in [0.05, 0.1) is 16.6 Å². The average Bonchev–Trinajstić information content (AvgIpc) is 3.87. The van der Waals surface area contributed by atoms with Gasteiger partial charge in [-0.05, 0) is 107 Å². The second-order valence-electron chi connectivity index (χ2n) is 16.0. The third-order valence-corrected chi connectivity index (χ3v) is 12.3. The molecule has 0 N–H and O–H groups in total. The first-order valence-corrected chi connectivity index (χ1v) is 21.2. The first kappa shape index (κ1) is 35.8. The minimum absolute atomic E-state index is 0.638. The van der Waals surface area contributed by atoms with Crippen LogP contribution in [0.1, 0.15) is 17.7 Å². The van der Waals surface area contributed by atoms with Gasteiger partial charge in [-0.1, -0.05) is 146 Å². The molecule has 292 valence electrons. The zero-order valence-corrected chi connectivity index (χ0v) is 33.9. The van der Waals surface area contributed by atoms with E-state index in [2.05, 4.69) is 161 Å². The standard InChI is InChI=1S/C57H39N5/c1-4-14-40(15-5-1)55-58-56(41-16-6-2-7-17-41)60-57(59-55)42-28-32-46(33-29-42)62-51-22-12-10-20-47(51)49-34-30-44(37-54(49)62)39-26-24-38(25-27-39)43-31-35-53-50(36-43)48-21-11-13-23-52(48)61(53)45-18-8-3-9-19-45/h1-10,12-20,22-37H,11,21H2. The van der Waals surface area contributed by atoms with E-state index in [0.29, 0.717) is 17.5 Å². The molecule has 62 heavy (non-hydrogen) atoms. The quantitative estimate of drug-likeness (QED) is 0.161. The van der Waals surface area contributed by atoms with E-state index in [-0.39, 0.29) is 0 Å². The summed E-state index contributed by atoms with van der Waals surface area (Å²) in [5, 5.41) is 3.78. The third-order valence-electron chi connectivity index (χ3n) is 12.3. The van der Waals surface area contributed by atoms with Crippen LogP contribution in [0.5, 0.6) is 0 Å². The molecule has 0 aliphatic heterocycles. The zero-order chi connectivity index (χ0) is 41.0. The Morgan fingerprint density at radius 1 is 0.339 bits per heavy atom. The van der Waals surface area contributed by atoms with Gasteiger partial charge in [-0.25, -0.2) is 15.0 Å². The number of benzene rings is 8. The minimum atomic E-state index is 0.638. The molecule has 0 radical (unpaired) electrons. The number of fused-ring (bicyclic) bond motifs is 6. The molecule has 1 aliphatic carbocycles. The summed E-state index contributed by atoms with van der Waals surface area (Å²) in [4.78, 5) is 14.8. The molecule has 0 unspecified atom stereocenters. The van der Waals surface area contributed by atoms with Crippen LogP contribution in [0.3, 0.4) is 0 Å². The molecular weight excluding hydrogens is 755 g/mol. The maximum Gasteiger partial charge on any atom is 0.164 e. The van der Waals surface area contributed by atoms with Crippen LogP contribution in [0, 0.1) is 0 Å². The largest absolute Gasteiger partial charge is 0.310 e. The highest BCUT2D eigenvalue weighted by molar-refractivity contribution is 6.10. The van der Waals surface area contributed by atoms with Crippen molar-refractivity contribution in [3.8, 4) is 67.8 Å². The second kappa shape index (κ2) is 14.8. The Labute approximate surface area is 359 Å². The summed E-state index contributed by atoms with van der Waals surface area (Å²) in [6.07, 6.45) is 6.72. The summed E-state index contributed by atoms with van der Waals surface area (Å²) in [6, 6.07) is 71.1. The maximum absolute atomic E-state index is 4.97. The molecule has 8 aromatic carbocycles. The Kier molecular flexibility index (Phi) is 8.56. The summed E-state index contributed by atoms with van der Waals surface area (Å²) in [6.45, 7) is 0. The third kappa shape index (κ3) is 6.13. The lowest BCUT2D eigenvalue weighted by Crippen LogP contribution is -2.00. The summed E-state index contributed by atoms with van der Waals surface area (Å²) < 4.78 is 4.78. The number of aromatic nitrogens is 5. The maximum atomic E-state index is 4.97. The van der Waals surface area contributed by atoms with Gasteiger partial charge in [-0.2, -0.15) is 0 Å². The fourth-order valence-electron chi connectivity index (χ4n) is 9.25. The van der Waals surface area contributed by atoms with Gasteiger partial charge >= 0.3 is 0 Å². The summed E-state index contributed by atoms with van der Waals surface area (Å²) >= 11 is 0. The summed E-state index contributed by atoms with van der Waals surface area (Å²) in [5.74, 6) is 1.94. The van der Waals surface area contributed by atoms with Gasteiger partial charge < -0.3 is 9.13 Å². The number of aryl methyl sites for hydroxylation is 1. The molecule has 1 aliphatic rings. The van der Waals surface area contributed by atoms with Crippen molar-refractivity contribution >= 4 is 38.8 Å². The smallest absolute Gasteiger partial charge is 0.164 e. The molecule has 12 rings (SSSR count). The predicted octanol–water partition coefficient (Wildman–Crippen LogP) is 14.2. The SMILES string of the molecule is C1=Cc2c(c3cc(-c4ccc(-c5ccc6c7ccccc7n(-c7ccc(-c8nc(-c9ccccc9)nc(-c9ccccc9)n8)cc7)c6c5)cc4)ccc3n2-c2ccccc2)CC1. The number of hydrogen-bond acceptors (Lipinski definition) is 3. The Morgan fingerprint density at radius 3 is 1.48 bits per heavy atom. The lowest BCUT2D eigenvalue weighted by atomic mass is 9.96. The summed E-state index contributed by atoms with van der Waals surface area (Å²) in [7, 11) is 0. The van der Waals surface area contributed by atoms with Gasteiger partial charge in [0.1, 0.15) is 0 Å². The van der Waals surface area contributed by atoms with E-state index in [1.54, 1.807) is 0 Å². The van der Waals surface area contributed by atoms with E-state index >= 15 is 0 Å². The number of hydrogen-bond donors (Lipinski definition) is 0. The van der Waals surface area contributed by atoms with E-state index in [1.165, 1.54) is 60.9 Å². The van der Waals surface area contributed by atoms with Crippen LogP contribution in [-0.4, -0.2) is 24.1 Å². The Hall–Kier alpha value is -8.15. The number of nitrogens with zero attached hydrogens (tertiary/aromatic N) is 5. The highest BCUT2D eigenvalue weighted by Gasteiger charge is 2.20. The highest BCUT2D eigenvalue weighted by atomic mass is 15.0. The fraction of sp³-hybridized carbons (Fsp3) is 0.0351. The van der Waals surface area contributed by atoms with Crippen LogP contribution >= 0.6 is 0 Å². The molecule has 0 fully saturated rings. The van der Waals surface area contributed by atoms with E-state index in [1.807, 2.05) is 60.7 Å². The first-order valence-electron chi connectivity index (χ1n) is 21.2. The average molecular weight is 794 g/mol. The predicted molar refractivity (Wildman–Crippen MR) is 256 cm³/mol. The van der Waals surface area contributed by atoms with Crippen molar-refractivity contribution in [2.45, 2.75) is 12.8 Å². The normalized spacial score (nSPS) is 12.3. The van der Waals surface area contributed by atoms with Gasteiger partial charge in [0.15, 0.2) is 17.5 Å². The molecule has 0 spiro atoms. The van der Waals surface area contributed by atoms with Crippen molar-refractivity contribution in [2.75, 3.05) is 0 Å². The Morgan fingerprint density at radius 2 is 0.823 bits per heavy atom. The number of para-hydroxylation sites is 2. The van der Waals surface area contributed by atoms with Gasteiger partial charge in [-0.3, -0.25) is 0 Å². The lowest BCUT2D eigenvalue weighted by Gasteiger charge is -2.11. The van der Waals surface area contributed by atoms with Crippen molar-refractivity contribution in [1.29, 1.82) is 0 Å². The molecule has 5 nitrogen and oxygen atoms in total. The van der Waals surface area contributed by atoms with Crippen molar-refractivity contribution < 1.29 is 0 Å². The Balaban J connectivity index is 0.903. The zero-order valence-electron chi connectivity index (χ0n) is 33.9. The summed E-state index contributed by atoms with van der Waals surface area (Å²) in [5.41, 5.74) is 16.2. The van der Waals surface area contributed by atoms with Gasteiger partial charge in [-0.15, -0.1) is 0 Å². The molecule has 3 aromatic heterocycles. The molecular formula is C57H39N5. The topological polar surface area (TPSA) is 48.5 Å². The number of rotatable bonds is 7. The molecule has 5 heteroatoms. The molecule has 0 saturated carbocycles. The monoisotopic (exact) mass is 793 g/mol. The van der Waals surface area contributed by atoms with E-state index < -0.39 is 0 Å². The van der Waals surface area contributed by atoms with Crippen LogP contribution in [0.25, 0.3) is 107 Å². The molecule has 0 atom stereocenters. The molecule has 0 bridgehead atoms. The van der Waals surface area contributed by atoms with E-state index in [4.69, 9.17) is 15.0 Å². The molecule has 3 heterocycles. The van der Waals surface area contributed by atoms with Crippen molar-refractivity contribution in [1.82, 2.24) is 24.1 Å². The van der Waals surface area contributed by atoms with Crippen LogP contribution < -0.4 is 0 Å². The van der Waals surface area contributed by atoms with E-state index in [0.717, 1.165) is 46.3 Å². The molecule has 11 aromatic rings. The van der Waals surface area contributed by atoms with Crippen molar-refractivity contribution in [2.24, 2.45) is 0 Å². The molecule has 0 amide bonds. The highest BCUT2D eigenvalue weighted by Crippen LogP contribution is 2.39. The van der Waals surface area contributed by atoms with Crippen LogP contribution in [0.2, 0.25) is 0 Å². The Bertz CT molecular complexity index is 3420. The van der Waals surface area contributed by atoms with Gasteiger partial charge in [0, 0.05) is 49.9 Å². The van der Waals surface area contributed by atoms with Crippen LogP contribution in [0.15, 0.2) is 206 Å². The lowest BCUT2D eigenvalue weighted by molar-refractivity contribution is 0.967. The second-order valence-corrected chi connectivity index (χ2v) is 16.0. The van der Waals surface area contributed by atoms with Crippen molar-refractivity contribution in [3.63, 3.8) is 0 Å². The van der Waals surface area contributed by atoms with Crippen LogP contribution in [0.4, 0.5) is 0 Å². The van der Waals surface area contributed by atoms with E-state index in [9.17, 15) is 0 Å². The van der Waals surface area contributed by atoms with Gasteiger partial charge in [0.2, 0.25) is 0 Å². The fourth-order valence-corrected chi connectivity index (χ4v) is 9.25. The van der Waals surface area contributed by atoms with Gasteiger partial charge in [0.25, 0.3) is 0 Å². The minimum Gasteiger partial charge on any atom is -0.310 e. The number of allylic oxidation sites excluding steroid dienone is 1. The van der Waals surface area contributed by atoms with Crippen molar-refractivity contribution in [3.05, 3.63) is 218 Å².